The third-order valence-corrected chi connectivity index (χ3v) is 21.3. The molecule has 0 fully saturated rings. The number of rotatable bonds is 26. The summed E-state index contributed by atoms with van der Waals surface area (Å²) in [5.74, 6) is -0.971. The Kier molecular flexibility index (Phi) is 21.7. The molecule has 1 amide bonds. The van der Waals surface area contributed by atoms with Crippen LogP contribution in [0.5, 0.6) is 11.5 Å². The second kappa shape index (κ2) is 29.1. The first-order valence-corrected chi connectivity index (χ1v) is 34.0. The molecule has 3 N–H and O–H groups in total. The molecule has 2 radical (unpaired) electrons. The maximum atomic E-state index is 17.4. The van der Waals surface area contributed by atoms with Crippen LogP contribution in [-0.2, 0) is 48.1 Å². The lowest BCUT2D eigenvalue weighted by atomic mass is 9.85. The standard InChI is InChI=1S/C73H76B2F7N5O6Si/c1-44(2)65(88)19-14-15-31-86(40-49-33-51(72(77,78)79)21-28-66(49)92-74-90)43-63-56-18-13-12-17-55(56)62(42-87(32-16-30-83-71(89)45(3)4)41-50-34-52(73(80,81)82)22-29-67(50)93-75-91)57-25-20-47(35-61(57)63)48-36-60(46(5)64(76)37-48)70-58-26-23-53(84(6)7)38-68(58)94(10,11)69-39-54(85(8)9)24-27-59(69)70/h12-13,17-18,20-29,33-39,90-91H,1,3,14-16,19,30-32,40-43H2,2,4-11H3/p+1. The molecule has 1 aliphatic carbocycles. The molecule has 0 saturated carbocycles. The second-order valence-electron chi connectivity index (χ2n) is 25.2. The van der Waals surface area contributed by atoms with Gasteiger partial charge in [-0.2, -0.15) is 26.3 Å². The van der Waals surface area contributed by atoms with Crippen molar-refractivity contribution in [2.45, 2.75) is 98.1 Å². The van der Waals surface area contributed by atoms with E-state index in [9.17, 15) is 46.0 Å². The molecule has 94 heavy (non-hydrogen) atoms. The molecule has 2 aliphatic rings. The normalized spacial score (nSPS) is 13.7. The highest BCUT2D eigenvalue weighted by molar-refractivity contribution is 6.98. The molecule has 7 aromatic rings. The van der Waals surface area contributed by atoms with Gasteiger partial charge in [-0.1, -0.05) is 68.7 Å². The van der Waals surface area contributed by atoms with Crippen LogP contribution in [0.1, 0.15) is 89.6 Å². The summed E-state index contributed by atoms with van der Waals surface area (Å²) in [6.45, 7) is 17.8. The van der Waals surface area contributed by atoms with Crippen molar-refractivity contribution in [1.29, 1.82) is 0 Å². The minimum absolute atomic E-state index is 0.0173. The number of fused-ring (bicyclic) bond motifs is 4. The van der Waals surface area contributed by atoms with Crippen molar-refractivity contribution in [1.82, 2.24) is 15.1 Å². The smallest absolute Gasteiger partial charge is 0.537 e. The predicted molar refractivity (Wildman–Crippen MR) is 364 cm³/mol. The van der Waals surface area contributed by atoms with E-state index in [-0.39, 0.29) is 86.6 Å². The van der Waals surface area contributed by atoms with E-state index in [2.05, 4.69) is 77.5 Å². The molecule has 0 saturated heterocycles. The van der Waals surface area contributed by atoms with E-state index in [1.54, 1.807) is 20.8 Å². The number of hydrogen-bond donors (Lipinski definition) is 3. The van der Waals surface area contributed by atoms with E-state index in [0.717, 1.165) is 86.4 Å². The van der Waals surface area contributed by atoms with Crippen molar-refractivity contribution in [2.24, 2.45) is 0 Å². The number of amides is 1. The highest BCUT2D eigenvalue weighted by atomic mass is 28.3. The van der Waals surface area contributed by atoms with Crippen LogP contribution in [0.4, 0.5) is 36.4 Å². The Balaban J connectivity index is 1.29. The van der Waals surface area contributed by atoms with Gasteiger partial charge in [0.05, 0.1) is 11.1 Å². The highest BCUT2D eigenvalue weighted by Gasteiger charge is 2.41. The number of nitrogens with zero attached hydrogens (tertiary/aromatic N) is 4. The van der Waals surface area contributed by atoms with Crippen LogP contribution < -0.4 is 24.7 Å². The van der Waals surface area contributed by atoms with Gasteiger partial charge in [0.1, 0.15) is 39.5 Å². The van der Waals surface area contributed by atoms with Crippen LogP contribution in [0.2, 0.25) is 13.1 Å². The van der Waals surface area contributed by atoms with Gasteiger partial charge >= 0.3 is 27.7 Å². The van der Waals surface area contributed by atoms with E-state index in [1.807, 2.05) is 86.5 Å². The zero-order chi connectivity index (χ0) is 68.1. The number of ketones is 1. The summed E-state index contributed by atoms with van der Waals surface area (Å²) in [5, 5.41) is 27.8. The van der Waals surface area contributed by atoms with E-state index in [1.165, 1.54) is 16.4 Å². The quantitative estimate of drug-likeness (QED) is 0.0122. The van der Waals surface area contributed by atoms with E-state index >= 15 is 4.39 Å². The first-order chi connectivity index (χ1) is 44.5. The fourth-order valence-electron chi connectivity index (χ4n) is 12.6. The van der Waals surface area contributed by atoms with Gasteiger partial charge in [0.25, 0.3) is 0 Å². The molecule has 0 atom stereocenters. The van der Waals surface area contributed by atoms with Crippen LogP contribution in [-0.4, -0.2) is 113 Å². The number of unbranched alkanes of at least 4 members (excludes halogenated alkanes) is 1. The topological polar surface area (TPSA) is 118 Å². The number of carbonyl (C=O) groups is 2. The first kappa shape index (κ1) is 70.0. The number of halogens is 7. The van der Waals surface area contributed by atoms with Gasteiger partial charge in [-0.05, 0) is 207 Å². The fraction of sp³-hybridized carbons (Fsp3) is 0.301. The summed E-state index contributed by atoms with van der Waals surface area (Å²) in [7, 11) is 6.41. The number of anilines is 1. The van der Waals surface area contributed by atoms with Gasteiger partial charge in [-0.3, -0.25) is 19.4 Å². The number of carbonyl (C=O) groups excluding carboxylic acids is 2. The van der Waals surface area contributed by atoms with Crippen LogP contribution in [0.25, 0.3) is 38.2 Å². The largest absolute Gasteiger partial charge is 0.569 e. The molecule has 0 unspecified atom stereocenters. The summed E-state index contributed by atoms with van der Waals surface area (Å²) < 4.78 is 118. The van der Waals surface area contributed by atoms with Gasteiger partial charge in [0.2, 0.25) is 5.91 Å². The van der Waals surface area contributed by atoms with E-state index in [4.69, 9.17) is 9.31 Å². The molecular weight excluding hydrogens is 1230 g/mol. The Hall–Kier alpha value is -8.33. The zero-order valence-corrected chi connectivity index (χ0v) is 55.4. The number of alkyl halides is 6. The number of allylic oxidation sites excluding steroid dienone is 6. The lowest BCUT2D eigenvalue weighted by Crippen LogP contribution is -2.49. The van der Waals surface area contributed by atoms with Gasteiger partial charge < -0.3 is 29.6 Å². The third kappa shape index (κ3) is 15.6. The van der Waals surface area contributed by atoms with Crippen molar-refractivity contribution in [3.05, 3.63) is 218 Å². The lowest BCUT2D eigenvalue weighted by Gasteiger charge is -2.38. The van der Waals surface area contributed by atoms with Gasteiger partial charge in [-0.25, -0.2) is 8.97 Å². The number of benzene rings is 7. The summed E-state index contributed by atoms with van der Waals surface area (Å²) in [5.41, 5.74) is 7.83. The van der Waals surface area contributed by atoms with Crippen molar-refractivity contribution >= 4 is 78.8 Å². The molecular formula is C73H77B2F7N5O6Si+. The second-order valence-corrected chi connectivity index (χ2v) is 29.5. The number of nitrogens with one attached hydrogen (secondary N) is 1. The molecule has 0 bridgehead atoms. The van der Waals surface area contributed by atoms with Crippen molar-refractivity contribution in [3.8, 4) is 22.6 Å². The molecule has 21 heteroatoms. The maximum Gasteiger partial charge on any atom is 0.569 e. The molecule has 0 aromatic heterocycles. The molecule has 11 nitrogen and oxygen atoms in total. The third-order valence-electron chi connectivity index (χ3n) is 17.7. The summed E-state index contributed by atoms with van der Waals surface area (Å²) >= 11 is 0. The van der Waals surface area contributed by atoms with Gasteiger partial charge in [-0.15, -0.1) is 0 Å². The van der Waals surface area contributed by atoms with Crippen LogP contribution >= 0.6 is 0 Å². The summed E-state index contributed by atoms with van der Waals surface area (Å²) in [4.78, 5) is 31.6. The number of hydrogen-bond acceptors (Lipinski definition) is 9. The maximum absolute atomic E-state index is 17.4. The Morgan fingerprint density at radius 3 is 1.78 bits per heavy atom. The Morgan fingerprint density at radius 2 is 1.23 bits per heavy atom. The SMILES string of the molecule is C=C(C)C(=O)CCCCN(Cc1cc(C(F)(F)F)ccc1O[B]O)Cc1c2ccccc2c(CN(CCCNC(=O)C(=C)C)Cc2cc(C(F)(F)F)ccc2O[B]O)c2ccc(-c3cc(F)c(C)c(C4=C5C=CC(=[N+](C)C)C=C5[Si](C)(C)c5cc(N(C)C)ccc54)c3)cc12. The minimum atomic E-state index is -4.73. The molecule has 488 valence electrons. The van der Waals surface area contributed by atoms with Crippen LogP contribution in [0, 0.1) is 12.7 Å². The zero-order valence-electron chi connectivity index (χ0n) is 54.4. The van der Waals surface area contributed by atoms with E-state index in [0.29, 0.717) is 78.8 Å². The van der Waals surface area contributed by atoms with Crippen molar-refractivity contribution in [2.75, 3.05) is 52.7 Å². The molecule has 0 spiro atoms. The predicted octanol–water partition coefficient (Wildman–Crippen LogP) is 13.9. The average molecular weight is 1300 g/mol. The Morgan fingerprint density at radius 1 is 0.660 bits per heavy atom. The lowest BCUT2D eigenvalue weighted by molar-refractivity contribution is -0.462. The molecule has 9 rings (SSSR count). The van der Waals surface area contributed by atoms with E-state index < -0.39 is 37.4 Å². The first-order valence-electron chi connectivity index (χ1n) is 31.0. The molecule has 7 aromatic carbocycles. The van der Waals surface area contributed by atoms with Crippen molar-refractivity contribution in [3.63, 3.8) is 0 Å². The average Bonchev–Trinajstić information content (AvgIpc) is 0.727. The summed E-state index contributed by atoms with van der Waals surface area (Å²) in [6.07, 6.45) is -1.59. The highest BCUT2D eigenvalue weighted by Crippen LogP contribution is 2.46. The van der Waals surface area contributed by atoms with Crippen LogP contribution in [0.15, 0.2) is 162 Å². The van der Waals surface area contributed by atoms with Gasteiger partial charge in [0, 0.05) is 94.3 Å². The van der Waals surface area contributed by atoms with Crippen LogP contribution in [0.3, 0.4) is 0 Å². The van der Waals surface area contributed by atoms with Gasteiger partial charge in [0.15, 0.2) is 11.5 Å². The fourth-order valence-corrected chi connectivity index (χ4v) is 15.7. The number of Topliss-reactive ketones (excluding diaryl/α,β-unsaturated/α-hetero) is 1. The summed E-state index contributed by atoms with van der Waals surface area (Å²) in [6, 6.07) is 29.5. The van der Waals surface area contributed by atoms with Crippen molar-refractivity contribution < 1.29 is 64.3 Å². The molecule has 1 aliphatic heterocycles. The Labute approximate surface area is 547 Å². The Bertz CT molecular complexity index is 4250. The monoisotopic (exact) mass is 1300 g/mol. The molecule has 1 heterocycles. The minimum Gasteiger partial charge on any atom is -0.537 e.